The summed E-state index contributed by atoms with van der Waals surface area (Å²) in [5, 5.41) is 3.40. The molecule has 3 heteroatoms. The van der Waals surface area contributed by atoms with E-state index in [1.54, 1.807) is 12.1 Å². The van der Waals surface area contributed by atoms with Gasteiger partial charge in [-0.15, -0.1) is 0 Å². The van der Waals surface area contributed by atoms with E-state index in [2.05, 4.69) is 17.1 Å². The van der Waals surface area contributed by atoms with Gasteiger partial charge in [0.05, 0.1) is 0 Å². The van der Waals surface area contributed by atoms with Crippen LogP contribution in [0.4, 0.5) is 4.39 Å². The van der Waals surface area contributed by atoms with Crippen molar-refractivity contribution in [3.63, 3.8) is 0 Å². The molecule has 0 radical (unpaired) electrons. The fourth-order valence-corrected chi connectivity index (χ4v) is 2.45. The van der Waals surface area contributed by atoms with Crippen molar-refractivity contribution in [3.8, 4) is 0 Å². The van der Waals surface area contributed by atoms with Gasteiger partial charge >= 0.3 is 0 Å². The van der Waals surface area contributed by atoms with Crippen LogP contribution in [0, 0.1) is 5.82 Å². The molecule has 0 aromatic heterocycles. The van der Waals surface area contributed by atoms with Gasteiger partial charge in [0.2, 0.25) is 0 Å². The van der Waals surface area contributed by atoms with Crippen LogP contribution in [0.25, 0.3) is 0 Å². The molecule has 1 aromatic carbocycles. The molecule has 1 fully saturated rings. The molecule has 94 valence electrons. The van der Waals surface area contributed by atoms with Crippen LogP contribution in [0.5, 0.6) is 0 Å². The zero-order valence-corrected chi connectivity index (χ0v) is 10.5. The van der Waals surface area contributed by atoms with Crippen molar-refractivity contribution in [2.75, 3.05) is 26.2 Å². The summed E-state index contributed by atoms with van der Waals surface area (Å²) < 4.78 is 13.7. The van der Waals surface area contributed by atoms with Gasteiger partial charge in [-0.25, -0.2) is 4.39 Å². The Kier molecular flexibility index (Phi) is 4.51. The standard InChI is InChI=1S/C14H21FN2/c1-12(13-6-2-3-7-14(13)15)17-10-4-8-16-9-5-11-17/h2-3,6-7,12,16H,4-5,8-11H2,1H3. The highest BCUT2D eigenvalue weighted by Crippen LogP contribution is 2.23. The maximum absolute atomic E-state index is 13.7. The summed E-state index contributed by atoms with van der Waals surface area (Å²) in [5.74, 6) is -0.0832. The Morgan fingerprint density at radius 1 is 1.18 bits per heavy atom. The van der Waals surface area contributed by atoms with Gasteiger partial charge in [0.25, 0.3) is 0 Å². The van der Waals surface area contributed by atoms with E-state index in [0.29, 0.717) is 0 Å². The van der Waals surface area contributed by atoms with E-state index in [0.717, 1.165) is 44.6 Å². The van der Waals surface area contributed by atoms with Crippen LogP contribution in [0.15, 0.2) is 24.3 Å². The van der Waals surface area contributed by atoms with Crippen molar-refractivity contribution in [3.05, 3.63) is 35.6 Å². The van der Waals surface area contributed by atoms with Crippen molar-refractivity contribution in [2.45, 2.75) is 25.8 Å². The van der Waals surface area contributed by atoms with E-state index < -0.39 is 0 Å². The van der Waals surface area contributed by atoms with Gasteiger partial charge < -0.3 is 5.32 Å². The highest BCUT2D eigenvalue weighted by molar-refractivity contribution is 5.20. The predicted octanol–water partition coefficient (Wildman–Crippen LogP) is 2.57. The summed E-state index contributed by atoms with van der Waals surface area (Å²) >= 11 is 0. The van der Waals surface area contributed by atoms with Gasteiger partial charge in [-0.05, 0) is 52.0 Å². The van der Waals surface area contributed by atoms with Crippen LogP contribution in [0.3, 0.4) is 0 Å². The molecular weight excluding hydrogens is 215 g/mol. The lowest BCUT2D eigenvalue weighted by Crippen LogP contribution is -2.35. The highest BCUT2D eigenvalue weighted by Gasteiger charge is 2.18. The number of halogens is 1. The second-order valence-corrected chi connectivity index (χ2v) is 4.69. The van der Waals surface area contributed by atoms with Crippen molar-refractivity contribution in [2.24, 2.45) is 0 Å². The molecule has 2 rings (SSSR count). The molecule has 1 atom stereocenters. The smallest absolute Gasteiger partial charge is 0.127 e. The third kappa shape index (κ3) is 3.27. The molecular formula is C14H21FN2. The molecule has 17 heavy (non-hydrogen) atoms. The summed E-state index contributed by atoms with van der Waals surface area (Å²) in [6.07, 6.45) is 2.28. The van der Waals surface area contributed by atoms with Gasteiger partial charge in [0.1, 0.15) is 5.82 Å². The van der Waals surface area contributed by atoms with Crippen molar-refractivity contribution >= 4 is 0 Å². The minimum absolute atomic E-state index is 0.0832. The van der Waals surface area contributed by atoms with E-state index in [1.807, 2.05) is 12.1 Å². The first kappa shape index (κ1) is 12.5. The normalized spacial score (nSPS) is 20.6. The lowest BCUT2D eigenvalue weighted by Gasteiger charge is -2.31. The van der Waals surface area contributed by atoms with Gasteiger partial charge in [-0.1, -0.05) is 18.2 Å². The zero-order chi connectivity index (χ0) is 12.1. The number of rotatable bonds is 2. The maximum Gasteiger partial charge on any atom is 0.127 e. The Labute approximate surface area is 103 Å². The first-order valence-electron chi connectivity index (χ1n) is 6.48. The minimum Gasteiger partial charge on any atom is -0.317 e. The quantitative estimate of drug-likeness (QED) is 0.849. The summed E-state index contributed by atoms with van der Waals surface area (Å²) in [7, 11) is 0. The number of benzene rings is 1. The number of nitrogens with zero attached hydrogens (tertiary/aromatic N) is 1. The van der Waals surface area contributed by atoms with Crippen LogP contribution in [-0.4, -0.2) is 31.1 Å². The molecule has 0 bridgehead atoms. The maximum atomic E-state index is 13.7. The number of hydrogen-bond donors (Lipinski definition) is 1. The molecule has 1 saturated heterocycles. The summed E-state index contributed by atoms with van der Waals surface area (Å²) in [4.78, 5) is 2.39. The average Bonchev–Trinajstić information content (AvgIpc) is 2.28. The topological polar surface area (TPSA) is 15.3 Å². The van der Waals surface area contributed by atoms with Crippen LogP contribution in [0.1, 0.15) is 31.4 Å². The molecule has 2 nitrogen and oxygen atoms in total. The third-order valence-corrected chi connectivity index (χ3v) is 3.50. The Balaban J connectivity index is 2.07. The molecule has 0 saturated carbocycles. The third-order valence-electron chi connectivity index (χ3n) is 3.50. The monoisotopic (exact) mass is 236 g/mol. The minimum atomic E-state index is -0.0832. The molecule has 1 N–H and O–H groups in total. The van der Waals surface area contributed by atoms with E-state index in [1.165, 1.54) is 0 Å². The highest BCUT2D eigenvalue weighted by atomic mass is 19.1. The Hall–Kier alpha value is -0.930. The molecule has 1 unspecified atom stereocenters. The molecule has 1 heterocycles. The van der Waals surface area contributed by atoms with Gasteiger partial charge in [-0.2, -0.15) is 0 Å². The first-order chi connectivity index (χ1) is 8.29. The average molecular weight is 236 g/mol. The largest absolute Gasteiger partial charge is 0.317 e. The first-order valence-corrected chi connectivity index (χ1v) is 6.48. The molecule has 1 aliphatic rings. The van der Waals surface area contributed by atoms with Gasteiger partial charge in [0.15, 0.2) is 0 Å². The molecule has 1 aromatic rings. The van der Waals surface area contributed by atoms with Crippen LogP contribution in [-0.2, 0) is 0 Å². The second kappa shape index (κ2) is 6.12. The lowest BCUT2D eigenvalue weighted by molar-refractivity contribution is 0.192. The van der Waals surface area contributed by atoms with E-state index in [4.69, 9.17) is 0 Å². The Morgan fingerprint density at radius 2 is 1.82 bits per heavy atom. The van der Waals surface area contributed by atoms with Crippen molar-refractivity contribution in [1.29, 1.82) is 0 Å². The Bertz CT molecular complexity index is 346. The fraction of sp³-hybridized carbons (Fsp3) is 0.571. The molecule has 0 aliphatic carbocycles. The molecule has 1 aliphatic heterocycles. The Morgan fingerprint density at radius 3 is 2.47 bits per heavy atom. The van der Waals surface area contributed by atoms with E-state index in [-0.39, 0.29) is 11.9 Å². The van der Waals surface area contributed by atoms with Crippen molar-refractivity contribution < 1.29 is 4.39 Å². The van der Waals surface area contributed by atoms with E-state index >= 15 is 0 Å². The van der Waals surface area contributed by atoms with Crippen molar-refractivity contribution in [1.82, 2.24) is 10.2 Å². The SMILES string of the molecule is CC(c1ccccc1F)N1CCCNCCC1. The number of nitrogens with one attached hydrogen (secondary N) is 1. The van der Waals surface area contributed by atoms with Gasteiger partial charge in [0, 0.05) is 11.6 Å². The predicted molar refractivity (Wildman–Crippen MR) is 68.5 cm³/mol. The van der Waals surface area contributed by atoms with Crippen LogP contribution < -0.4 is 5.32 Å². The number of hydrogen-bond acceptors (Lipinski definition) is 2. The van der Waals surface area contributed by atoms with E-state index in [9.17, 15) is 4.39 Å². The second-order valence-electron chi connectivity index (χ2n) is 4.69. The molecule has 0 spiro atoms. The van der Waals surface area contributed by atoms with Gasteiger partial charge in [-0.3, -0.25) is 4.90 Å². The summed E-state index contributed by atoms with van der Waals surface area (Å²) in [6.45, 7) is 6.33. The summed E-state index contributed by atoms with van der Waals surface area (Å²) in [6, 6.07) is 7.30. The van der Waals surface area contributed by atoms with Crippen LogP contribution in [0.2, 0.25) is 0 Å². The molecule has 0 amide bonds. The summed E-state index contributed by atoms with van der Waals surface area (Å²) in [5.41, 5.74) is 0.820. The zero-order valence-electron chi connectivity index (χ0n) is 10.5. The fourth-order valence-electron chi connectivity index (χ4n) is 2.45. The van der Waals surface area contributed by atoms with Crippen LogP contribution >= 0.6 is 0 Å². The lowest BCUT2D eigenvalue weighted by atomic mass is 10.1.